The monoisotopic (exact) mass is 718 g/mol. The first-order valence-electron chi connectivity index (χ1n) is 19.0. The minimum atomic E-state index is 0.169. The number of furan rings is 1. The third-order valence-corrected chi connectivity index (χ3v) is 11.1. The molecular formula is C51H34N4O. The lowest BCUT2D eigenvalue weighted by Crippen LogP contribution is -2.30. The summed E-state index contributed by atoms with van der Waals surface area (Å²) in [6.07, 6.45) is 4.47. The molecule has 3 heterocycles. The lowest BCUT2D eigenvalue weighted by atomic mass is 9.82. The zero-order valence-corrected chi connectivity index (χ0v) is 30.3. The van der Waals surface area contributed by atoms with Gasteiger partial charge in [0.25, 0.3) is 0 Å². The molecule has 0 bridgehead atoms. The average Bonchev–Trinajstić information content (AvgIpc) is 3.82. The molecule has 2 atom stereocenters. The van der Waals surface area contributed by atoms with E-state index in [4.69, 9.17) is 19.4 Å². The molecule has 5 heteroatoms. The van der Waals surface area contributed by atoms with Gasteiger partial charge >= 0.3 is 0 Å². The van der Waals surface area contributed by atoms with Crippen LogP contribution in [0.25, 0.3) is 73.5 Å². The summed E-state index contributed by atoms with van der Waals surface area (Å²) in [5, 5.41) is 1.16. The molecule has 5 nitrogen and oxygen atoms in total. The van der Waals surface area contributed by atoms with E-state index >= 15 is 0 Å². The van der Waals surface area contributed by atoms with Crippen molar-refractivity contribution in [3.05, 3.63) is 205 Å². The second kappa shape index (κ2) is 13.2. The Labute approximate surface area is 324 Å². The number of fused-ring (bicyclic) bond motifs is 7. The Balaban J connectivity index is 0.930. The van der Waals surface area contributed by atoms with Gasteiger partial charge in [-0.1, -0.05) is 164 Å². The fourth-order valence-electron chi connectivity index (χ4n) is 8.44. The number of nitrogens with zero attached hydrogens (tertiary/aromatic N) is 4. The highest BCUT2D eigenvalue weighted by Crippen LogP contribution is 2.53. The summed E-state index contributed by atoms with van der Waals surface area (Å²) in [7, 11) is 0. The SMILES string of the molecule is C1=CC2C(c3ccccc3N2c2ccccc2)c2c1oc1cc(-c3ccc(-c4nc(-c5ccccc5)nc(-c5ccc(-c6ccccc6)cc5)n4)cc3)ccc21. The van der Waals surface area contributed by atoms with Crippen LogP contribution in [-0.4, -0.2) is 21.0 Å². The van der Waals surface area contributed by atoms with Gasteiger partial charge in [0.1, 0.15) is 11.3 Å². The van der Waals surface area contributed by atoms with Crippen LogP contribution in [0.3, 0.4) is 0 Å². The summed E-state index contributed by atoms with van der Waals surface area (Å²) in [5.74, 6) is 3.02. The van der Waals surface area contributed by atoms with E-state index in [2.05, 4.69) is 163 Å². The third kappa shape index (κ3) is 5.44. The van der Waals surface area contributed by atoms with Gasteiger partial charge in [-0.3, -0.25) is 0 Å². The summed E-state index contributed by atoms with van der Waals surface area (Å²) in [6, 6.07) is 63.6. The van der Waals surface area contributed by atoms with Crippen LogP contribution in [0.2, 0.25) is 0 Å². The predicted molar refractivity (Wildman–Crippen MR) is 226 cm³/mol. The molecule has 1 aliphatic heterocycles. The maximum Gasteiger partial charge on any atom is 0.164 e. The van der Waals surface area contributed by atoms with Crippen molar-refractivity contribution in [2.75, 3.05) is 4.90 Å². The molecule has 2 aromatic heterocycles. The Morgan fingerprint density at radius 3 is 1.57 bits per heavy atom. The van der Waals surface area contributed by atoms with E-state index in [1.165, 1.54) is 28.1 Å². The van der Waals surface area contributed by atoms with Gasteiger partial charge in [-0.15, -0.1) is 0 Å². The topological polar surface area (TPSA) is 55.1 Å². The van der Waals surface area contributed by atoms with E-state index in [9.17, 15) is 0 Å². The highest BCUT2D eigenvalue weighted by atomic mass is 16.3. The number of para-hydroxylation sites is 2. The molecule has 11 rings (SSSR count). The van der Waals surface area contributed by atoms with Crippen molar-refractivity contribution < 1.29 is 4.42 Å². The second-order valence-corrected chi connectivity index (χ2v) is 14.4. The Morgan fingerprint density at radius 1 is 0.446 bits per heavy atom. The molecule has 7 aromatic carbocycles. The molecule has 0 spiro atoms. The molecule has 56 heavy (non-hydrogen) atoms. The van der Waals surface area contributed by atoms with Crippen molar-refractivity contribution in [1.29, 1.82) is 0 Å². The standard InChI is InChI=1S/C51H34N4O/c1-4-12-33(13-5-1)34-20-24-37(25-21-34)50-52-49(36-14-6-2-7-15-36)53-51(54-50)38-26-22-35(23-27-38)39-28-29-42-46(32-39)56-45-31-30-44-47(48(42)45)41-18-10-11-19-43(41)55(44)40-16-8-3-9-17-40/h1-32,44,47H. The van der Waals surface area contributed by atoms with Crippen LogP contribution < -0.4 is 4.90 Å². The number of hydrogen-bond acceptors (Lipinski definition) is 5. The molecule has 0 saturated heterocycles. The van der Waals surface area contributed by atoms with Gasteiger partial charge in [0, 0.05) is 44.9 Å². The lowest BCUT2D eigenvalue weighted by Gasteiger charge is -2.30. The van der Waals surface area contributed by atoms with Crippen LogP contribution in [0.1, 0.15) is 22.8 Å². The molecular weight excluding hydrogens is 685 g/mol. The second-order valence-electron chi connectivity index (χ2n) is 14.4. The largest absolute Gasteiger partial charge is 0.456 e. The van der Waals surface area contributed by atoms with Crippen LogP contribution in [0.4, 0.5) is 11.4 Å². The van der Waals surface area contributed by atoms with E-state index < -0.39 is 0 Å². The first kappa shape index (κ1) is 32.1. The molecule has 264 valence electrons. The highest BCUT2D eigenvalue weighted by molar-refractivity contribution is 5.92. The minimum Gasteiger partial charge on any atom is -0.456 e. The Kier molecular flexibility index (Phi) is 7.56. The maximum absolute atomic E-state index is 6.62. The summed E-state index contributed by atoms with van der Waals surface area (Å²) < 4.78 is 6.62. The Morgan fingerprint density at radius 2 is 0.929 bits per heavy atom. The van der Waals surface area contributed by atoms with Crippen LogP contribution >= 0.6 is 0 Å². The van der Waals surface area contributed by atoms with Gasteiger partial charge in [0.05, 0.1) is 6.04 Å². The average molecular weight is 719 g/mol. The summed E-state index contributed by atoms with van der Waals surface area (Å²) >= 11 is 0. The van der Waals surface area contributed by atoms with Crippen LogP contribution in [0.15, 0.2) is 192 Å². The number of anilines is 2. The van der Waals surface area contributed by atoms with Crippen LogP contribution in [-0.2, 0) is 0 Å². The molecule has 1 aliphatic carbocycles. The van der Waals surface area contributed by atoms with E-state index in [1.807, 2.05) is 36.4 Å². The van der Waals surface area contributed by atoms with Gasteiger partial charge in [-0.25, -0.2) is 15.0 Å². The zero-order valence-electron chi connectivity index (χ0n) is 30.3. The predicted octanol–water partition coefficient (Wildman–Crippen LogP) is 12.6. The highest BCUT2D eigenvalue weighted by Gasteiger charge is 2.43. The summed E-state index contributed by atoms with van der Waals surface area (Å²) in [4.78, 5) is 17.4. The molecule has 9 aromatic rings. The molecule has 2 aliphatic rings. The molecule has 0 amide bonds. The summed E-state index contributed by atoms with van der Waals surface area (Å²) in [5.41, 5.74) is 13.2. The van der Waals surface area contributed by atoms with Crippen LogP contribution in [0, 0.1) is 0 Å². The zero-order chi connectivity index (χ0) is 37.0. The fraction of sp³-hybridized carbons (Fsp3) is 0.0392. The molecule has 0 saturated carbocycles. The Hall–Kier alpha value is -7.37. The van der Waals surface area contributed by atoms with E-state index in [0.29, 0.717) is 17.5 Å². The quantitative estimate of drug-likeness (QED) is 0.171. The molecule has 0 radical (unpaired) electrons. The molecule has 2 unspecified atom stereocenters. The number of rotatable bonds is 6. The first-order chi connectivity index (χ1) is 27.7. The fourth-order valence-corrected chi connectivity index (χ4v) is 8.44. The van der Waals surface area contributed by atoms with Crippen molar-refractivity contribution in [3.8, 4) is 56.4 Å². The van der Waals surface area contributed by atoms with Gasteiger partial charge in [-0.2, -0.15) is 0 Å². The van der Waals surface area contributed by atoms with Crippen molar-refractivity contribution in [3.63, 3.8) is 0 Å². The summed E-state index contributed by atoms with van der Waals surface area (Å²) in [6.45, 7) is 0. The maximum atomic E-state index is 6.62. The van der Waals surface area contributed by atoms with Crippen molar-refractivity contribution >= 4 is 28.4 Å². The number of benzene rings is 7. The van der Waals surface area contributed by atoms with Gasteiger partial charge < -0.3 is 9.32 Å². The van der Waals surface area contributed by atoms with Gasteiger partial charge in [0.15, 0.2) is 17.5 Å². The van der Waals surface area contributed by atoms with Gasteiger partial charge in [0.2, 0.25) is 0 Å². The van der Waals surface area contributed by atoms with Crippen molar-refractivity contribution in [2.45, 2.75) is 12.0 Å². The minimum absolute atomic E-state index is 0.169. The van der Waals surface area contributed by atoms with Gasteiger partial charge in [-0.05, 0) is 58.2 Å². The smallest absolute Gasteiger partial charge is 0.164 e. The van der Waals surface area contributed by atoms with Crippen LogP contribution in [0.5, 0.6) is 0 Å². The first-order valence-corrected chi connectivity index (χ1v) is 19.0. The van der Waals surface area contributed by atoms with Crippen molar-refractivity contribution in [1.82, 2.24) is 15.0 Å². The van der Waals surface area contributed by atoms with E-state index in [1.54, 1.807) is 0 Å². The lowest BCUT2D eigenvalue weighted by molar-refractivity contribution is 0.584. The van der Waals surface area contributed by atoms with E-state index in [0.717, 1.165) is 50.1 Å². The number of aromatic nitrogens is 3. The Bertz CT molecular complexity index is 2900. The van der Waals surface area contributed by atoms with Crippen molar-refractivity contribution in [2.24, 2.45) is 0 Å². The molecule has 0 N–H and O–H groups in total. The molecule has 0 fully saturated rings. The normalized spacial score (nSPS) is 15.4. The third-order valence-electron chi connectivity index (χ3n) is 11.1. The van der Waals surface area contributed by atoms with E-state index in [-0.39, 0.29) is 12.0 Å². The number of hydrogen-bond donors (Lipinski definition) is 0.